The van der Waals surface area contributed by atoms with E-state index >= 15 is 0 Å². The lowest BCUT2D eigenvalue weighted by Gasteiger charge is -2.47. The minimum atomic E-state index is -1.16. The van der Waals surface area contributed by atoms with Crippen LogP contribution in [0.3, 0.4) is 0 Å². The average molecular weight is 300 g/mol. The average Bonchev–Trinajstić information content (AvgIpc) is 2.41. The van der Waals surface area contributed by atoms with Gasteiger partial charge in [-0.05, 0) is 14.1 Å². The Morgan fingerprint density at radius 1 is 1.70 bits per heavy atom. The Kier molecular flexibility index (Phi) is 4.31. The number of β-lactam (4-membered cyclic amide) rings is 1. The number of aliphatic carboxylic acids is 1. The van der Waals surface area contributed by atoms with Crippen molar-refractivity contribution in [2.24, 2.45) is 10.9 Å². The van der Waals surface area contributed by atoms with Crippen LogP contribution in [-0.4, -0.2) is 71.0 Å². The van der Waals surface area contributed by atoms with Crippen LogP contribution in [0.2, 0.25) is 0 Å². The summed E-state index contributed by atoms with van der Waals surface area (Å²) in [6.45, 7) is 0.287. The monoisotopic (exact) mass is 300 g/mol. The maximum absolute atomic E-state index is 11.7. The van der Waals surface area contributed by atoms with Crippen LogP contribution in [0, 0.1) is 0 Å². The van der Waals surface area contributed by atoms with E-state index in [9.17, 15) is 14.7 Å². The van der Waals surface area contributed by atoms with Crippen molar-refractivity contribution in [1.29, 1.82) is 0 Å². The highest BCUT2D eigenvalue weighted by Gasteiger charge is 2.51. The van der Waals surface area contributed by atoms with Gasteiger partial charge in [0, 0.05) is 11.3 Å². The molecule has 8 nitrogen and oxygen atoms in total. The van der Waals surface area contributed by atoms with E-state index in [0.717, 1.165) is 0 Å². The van der Waals surface area contributed by atoms with Crippen molar-refractivity contribution in [1.82, 2.24) is 9.80 Å². The fraction of sp³-hybridized carbons (Fsp3) is 0.545. The molecule has 0 bridgehead atoms. The second-order valence-corrected chi connectivity index (χ2v) is 5.79. The van der Waals surface area contributed by atoms with E-state index in [1.165, 1.54) is 22.9 Å². The van der Waals surface area contributed by atoms with E-state index < -0.39 is 12.0 Å². The third kappa shape index (κ3) is 2.65. The number of carbonyl (C=O) groups excluding carboxylic acids is 1. The van der Waals surface area contributed by atoms with E-state index in [1.807, 2.05) is 14.1 Å². The summed E-state index contributed by atoms with van der Waals surface area (Å²) in [4.78, 5) is 31.0. The molecule has 1 saturated heterocycles. The predicted octanol–water partition coefficient (Wildman–Crippen LogP) is -0.911. The molecule has 0 spiro atoms. The SMILES string of the molecule is CN(C)CO/N=C/C1=C(C(=O)O)N2C(=O)[C@@H](N)[C@H]2SC1. The van der Waals surface area contributed by atoms with Gasteiger partial charge in [0.05, 0.1) is 6.21 Å². The maximum Gasteiger partial charge on any atom is 0.353 e. The van der Waals surface area contributed by atoms with Gasteiger partial charge >= 0.3 is 5.97 Å². The zero-order chi connectivity index (χ0) is 14.9. The summed E-state index contributed by atoms with van der Waals surface area (Å²) >= 11 is 1.42. The summed E-state index contributed by atoms with van der Waals surface area (Å²) in [6, 6.07) is -0.627. The number of oxime groups is 1. The van der Waals surface area contributed by atoms with Crippen LogP contribution in [0.5, 0.6) is 0 Å². The number of carbonyl (C=O) groups is 2. The van der Waals surface area contributed by atoms with E-state index in [2.05, 4.69) is 5.16 Å². The molecule has 1 amide bonds. The highest BCUT2D eigenvalue weighted by Crippen LogP contribution is 2.38. The molecule has 0 aliphatic carbocycles. The van der Waals surface area contributed by atoms with Crippen LogP contribution >= 0.6 is 11.8 Å². The number of carboxylic acid groups (broad SMARTS) is 1. The molecule has 0 aromatic heterocycles. The lowest BCUT2D eigenvalue weighted by atomic mass is 10.0. The molecule has 9 heteroatoms. The molecular weight excluding hydrogens is 284 g/mol. The normalized spacial score (nSPS) is 26.0. The second kappa shape index (κ2) is 5.81. The van der Waals surface area contributed by atoms with Crippen LogP contribution in [0.15, 0.2) is 16.4 Å². The molecule has 2 rings (SSSR count). The summed E-state index contributed by atoms with van der Waals surface area (Å²) < 4.78 is 0. The first-order chi connectivity index (χ1) is 9.43. The number of fused-ring (bicyclic) bond motifs is 1. The first-order valence-electron chi connectivity index (χ1n) is 5.90. The molecule has 0 aromatic carbocycles. The van der Waals surface area contributed by atoms with Crippen LogP contribution in [0.25, 0.3) is 0 Å². The molecule has 2 aliphatic rings. The van der Waals surface area contributed by atoms with Crippen molar-refractivity contribution in [3.05, 3.63) is 11.3 Å². The van der Waals surface area contributed by atoms with Gasteiger partial charge < -0.3 is 15.7 Å². The van der Waals surface area contributed by atoms with Crippen molar-refractivity contribution in [2.75, 3.05) is 26.6 Å². The van der Waals surface area contributed by atoms with Crippen LogP contribution in [0.4, 0.5) is 0 Å². The van der Waals surface area contributed by atoms with Crippen molar-refractivity contribution in [2.45, 2.75) is 11.4 Å². The number of carboxylic acids is 1. The van der Waals surface area contributed by atoms with Gasteiger partial charge in [-0.15, -0.1) is 11.8 Å². The molecule has 2 aliphatic heterocycles. The third-order valence-corrected chi connectivity index (χ3v) is 4.16. The Hall–Kier alpha value is -1.58. The fourth-order valence-corrected chi connectivity index (χ4v) is 3.13. The van der Waals surface area contributed by atoms with Gasteiger partial charge in [-0.3, -0.25) is 14.6 Å². The summed E-state index contributed by atoms with van der Waals surface area (Å²) in [5.41, 5.74) is 6.03. The number of hydrogen-bond acceptors (Lipinski definition) is 7. The third-order valence-electron chi connectivity index (χ3n) is 2.84. The Balaban J connectivity index is 2.16. The first-order valence-corrected chi connectivity index (χ1v) is 6.95. The van der Waals surface area contributed by atoms with Gasteiger partial charge in [0.2, 0.25) is 5.91 Å². The summed E-state index contributed by atoms with van der Waals surface area (Å²) in [6.07, 6.45) is 1.34. The number of thioether (sulfide) groups is 1. The number of hydrogen-bond donors (Lipinski definition) is 2. The number of rotatable bonds is 5. The molecule has 2 atom stereocenters. The number of amides is 1. The van der Waals surface area contributed by atoms with Gasteiger partial charge in [-0.25, -0.2) is 4.79 Å². The largest absolute Gasteiger partial charge is 0.477 e. The van der Waals surface area contributed by atoms with E-state index in [4.69, 9.17) is 10.6 Å². The molecular formula is C11H16N4O4S. The smallest absolute Gasteiger partial charge is 0.353 e. The topological polar surface area (TPSA) is 108 Å². The quantitative estimate of drug-likeness (QED) is 0.293. The van der Waals surface area contributed by atoms with Crippen molar-refractivity contribution in [3.63, 3.8) is 0 Å². The Labute approximate surface area is 120 Å². The lowest BCUT2D eigenvalue weighted by molar-refractivity contribution is -0.147. The molecule has 1 fully saturated rings. The van der Waals surface area contributed by atoms with Gasteiger partial charge in [-0.2, -0.15) is 0 Å². The Morgan fingerprint density at radius 3 is 3.00 bits per heavy atom. The standard InChI is InChI=1S/C11H16N4O4S/c1-14(2)5-19-13-3-6-4-20-10-7(12)9(16)15(10)8(6)11(17)18/h3,7,10H,4-5,12H2,1-2H3,(H,17,18)/b13-3+/t7-,10-/m1/s1. The van der Waals surface area contributed by atoms with Gasteiger partial charge in [0.1, 0.15) is 17.1 Å². The molecule has 20 heavy (non-hydrogen) atoms. The highest BCUT2D eigenvalue weighted by molar-refractivity contribution is 8.00. The van der Waals surface area contributed by atoms with E-state index in [1.54, 1.807) is 4.90 Å². The Morgan fingerprint density at radius 2 is 2.40 bits per heavy atom. The summed E-state index contributed by atoms with van der Waals surface area (Å²) in [7, 11) is 3.64. The summed E-state index contributed by atoms with van der Waals surface area (Å²) in [5, 5.41) is 12.7. The highest BCUT2D eigenvalue weighted by atomic mass is 32.2. The number of nitrogens with zero attached hydrogens (tertiary/aromatic N) is 3. The van der Waals surface area contributed by atoms with E-state index in [-0.39, 0.29) is 23.7 Å². The molecule has 0 aromatic rings. The minimum absolute atomic E-state index is 0.0577. The molecule has 3 N–H and O–H groups in total. The van der Waals surface area contributed by atoms with Crippen molar-refractivity contribution >= 4 is 29.9 Å². The molecule has 110 valence electrons. The first kappa shape index (κ1) is 14.8. The van der Waals surface area contributed by atoms with Crippen LogP contribution in [0.1, 0.15) is 0 Å². The van der Waals surface area contributed by atoms with Gasteiger partial charge in [0.25, 0.3) is 0 Å². The van der Waals surface area contributed by atoms with Crippen LogP contribution in [-0.2, 0) is 14.4 Å². The van der Waals surface area contributed by atoms with Crippen LogP contribution < -0.4 is 5.73 Å². The second-order valence-electron chi connectivity index (χ2n) is 4.69. The zero-order valence-electron chi connectivity index (χ0n) is 11.1. The molecule has 2 heterocycles. The number of nitrogens with two attached hydrogens (primary N) is 1. The minimum Gasteiger partial charge on any atom is -0.477 e. The lowest BCUT2D eigenvalue weighted by Crippen LogP contribution is -2.68. The molecule has 0 unspecified atom stereocenters. The fourth-order valence-electron chi connectivity index (χ4n) is 1.89. The molecule has 0 radical (unpaired) electrons. The van der Waals surface area contributed by atoms with Gasteiger partial charge in [0.15, 0.2) is 6.73 Å². The zero-order valence-corrected chi connectivity index (χ0v) is 12.0. The predicted molar refractivity (Wildman–Crippen MR) is 73.9 cm³/mol. The van der Waals surface area contributed by atoms with Gasteiger partial charge in [-0.1, -0.05) is 5.16 Å². The maximum atomic E-state index is 11.7. The van der Waals surface area contributed by atoms with E-state index in [0.29, 0.717) is 11.3 Å². The molecule has 0 saturated carbocycles. The Bertz CT molecular complexity index is 491. The van der Waals surface area contributed by atoms with Crippen molar-refractivity contribution in [3.8, 4) is 0 Å². The van der Waals surface area contributed by atoms with Crippen molar-refractivity contribution < 1.29 is 19.5 Å². The summed E-state index contributed by atoms with van der Waals surface area (Å²) in [5.74, 6) is -1.11.